The fourth-order valence-corrected chi connectivity index (χ4v) is 2.62. The fourth-order valence-electron chi connectivity index (χ4n) is 0.792. The van der Waals surface area contributed by atoms with Crippen molar-refractivity contribution in [3.05, 3.63) is 17.1 Å². The summed E-state index contributed by atoms with van der Waals surface area (Å²) in [7, 11) is 0. The summed E-state index contributed by atoms with van der Waals surface area (Å²) < 4.78 is 6.87. The largest absolute Gasteiger partial charge is 0.196 e. The van der Waals surface area contributed by atoms with Crippen LogP contribution in [0.5, 0.6) is 0 Å². The minimum atomic E-state index is 0. The predicted octanol–water partition coefficient (Wildman–Crippen LogP) is 2.66. The molecule has 0 aliphatic rings. The quantitative estimate of drug-likeness (QED) is 0.712. The average Bonchev–Trinajstić information content (AvgIpc) is 2.35. The predicted molar refractivity (Wildman–Crippen MR) is 42.2 cm³/mol. The van der Waals surface area contributed by atoms with Crippen molar-refractivity contribution in [3.8, 4) is 0 Å². The van der Waals surface area contributed by atoms with Crippen LogP contribution in [-0.4, -0.2) is 4.37 Å². The number of fused-ring (bicyclic) bond motifs is 1. The number of aromatic nitrogens is 1. The second-order valence-corrected chi connectivity index (χ2v) is 3.60. The van der Waals surface area contributed by atoms with Gasteiger partial charge in [0, 0.05) is 21.1 Å². The van der Waals surface area contributed by atoms with Crippen molar-refractivity contribution in [3.63, 3.8) is 0 Å². The zero-order chi connectivity index (χ0) is 6.27. The van der Waals surface area contributed by atoms with Crippen molar-refractivity contribution in [2.24, 2.45) is 0 Å². The minimum absolute atomic E-state index is 0. The zero-order valence-electron chi connectivity index (χ0n) is 5.23. The molecular weight excluding hydrogens is 345 g/mol. The van der Waals surface area contributed by atoms with E-state index in [-0.39, 0.29) is 21.1 Å². The first-order valence-corrected chi connectivity index (χ1v) is 4.33. The summed E-state index contributed by atoms with van der Waals surface area (Å²) in [5.41, 5.74) is 1.17. The van der Waals surface area contributed by atoms with Gasteiger partial charge in [-0.15, -0.1) is 11.3 Å². The van der Waals surface area contributed by atoms with Crippen molar-refractivity contribution in [1.82, 2.24) is 4.37 Å². The molecule has 2 rings (SSSR count). The zero-order valence-corrected chi connectivity index (χ0v) is 9.14. The topological polar surface area (TPSA) is 12.9 Å². The smallest absolute Gasteiger partial charge is 0.0689 e. The van der Waals surface area contributed by atoms with Crippen molar-refractivity contribution in [2.45, 2.75) is 6.92 Å². The second kappa shape index (κ2) is 3.12. The Morgan fingerprint density at radius 2 is 2.30 bits per heavy atom. The van der Waals surface area contributed by atoms with Crippen LogP contribution >= 0.6 is 22.9 Å². The molecular formula is C6H5NPtS2. The molecule has 4 heteroatoms. The minimum Gasteiger partial charge on any atom is -0.196 e. The molecule has 0 radical (unpaired) electrons. The molecule has 0 spiro atoms. The van der Waals surface area contributed by atoms with Gasteiger partial charge in [0.1, 0.15) is 0 Å². The van der Waals surface area contributed by atoms with Gasteiger partial charge in [-0.05, 0) is 29.9 Å². The number of hydrogen-bond acceptors (Lipinski definition) is 3. The first kappa shape index (κ1) is 8.38. The molecule has 1 nitrogen and oxygen atoms in total. The Kier molecular flexibility index (Phi) is 2.61. The second-order valence-electron chi connectivity index (χ2n) is 1.88. The summed E-state index contributed by atoms with van der Waals surface area (Å²) in [4.78, 5) is 0. The molecule has 2 aromatic rings. The van der Waals surface area contributed by atoms with E-state index in [9.17, 15) is 0 Å². The van der Waals surface area contributed by atoms with E-state index in [0.717, 1.165) is 0 Å². The number of hydrogen-bond donors (Lipinski definition) is 0. The Hall–Kier alpha value is 0.278. The van der Waals surface area contributed by atoms with Crippen LogP contribution in [0.4, 0.5) is 0 Å². The number of thiophene rings is 1. The van der Waals surface area contributed by atoms with Crippen LogP contribution in [-0.2, 0) is 21.1 Å². The van der Waals surface area contributed by atoms with Crippen LogP contribution in [0.3, 0.4) is 0 Å². The summed E-state index contributed by atoms with van der Waals surface area (Å²) in [6.07, 6.45) is 0. The van der Waals surface area contributed by atoms with Gasteiger partial charge in [0.25, 0.3) is 0 Å². The molecule has 10 heavy (non-hydrogen) atoms. The summed E-state index contributed by atoms with van der Waals surface area (Å²) in [5, 5.41) is 2.11. The molecule has 56 valence electrons. The van der Waals surface area contributed by atoms with Gasteiger partial charge < -0.3 is 0 Å². The Labute approximate surface area is 81.5 Å². The Morgan fingerprint density at radius 3 is 3.00 bits per heavy atom. The van der Waals surface area contributed by atoms with Gasteiger partial charge in [0.15, 0.2) is 0 Å². The average molecular weight is 350 g/mol. The van der Waals surface area contributed by atoms with Gasteiger partial charge >= 0.3 is 0 Å². The van der Waals surface area contributed by atoms with Gasteiger partial charge in [-0.3, -0.25) is 0 Å². The molecule has 0 N–H and O–H groups in total. The molecule has 0 aliphatic heterocycles. The van der Waals surface area contributed by atoms with E-state index in [1.165, 1.54) is 15.1 Å². The molecule has 0 unspecified atom stereocenters. The van der Waals surface area contributed by atoms with Gasteiger partial charge in [0.05, 0.1) is 15.1 Å². The Balaban J connectivity index is 0.000000500. The molecule has 0 bridgehead atoms. The Morgan fingerprint density at radius 1 is 1.50 bits per heavy atom. The Bertz CT molecular complexity index is 325. The summed E-state index contributed by atoms with van der Waals surface area (Å²) in [6.45, 7) is 2.05. The molecule has 0 aromatic carbocycles. The molecule has 2 heterocycles. The molecule has 0 saturated carbocycles. The van der Waals surface area contributed by atoms with Crippen LogP contribution in [0.15, 0.2) is 11.4 Å². The summed E-state index contributed by atoms with van der Waals surface area (Å²) in [6, 6.07) is 2.12. The molecule has 0 fully saturated rings. The summed E-state index contributed by atoms with van der Waals surface area (Å²) in [5.74, 6) is 0. The van der Waals surface area contributed by atoms with E-state index in [0.29, 0.717) is 0 Å². The summed E-state index contributed by atoms with van der Waals surface area (Å²) >= 11 is 3.35. The maximum absolute atomic E-state index is 4.21. The molecule has 2 aromatic heterocycles. The third-order valence-corrected chi connectivity index (χ3v) is 3.29. The van der Waals surface area contributed by atoms with E-state index in [2.05, 4.69) is 22.7 Å². The van der Waals surface area contributed by atoms with Crippen molar-refractivity contribution >= 4 is 32.3 Å². The first-order valence-electron chi connectivity index (χ1n) is 2.67. The fraction of sp³-hybridized carbons (Fsp3) is 0.167. The monoisotopic (exact) mass is 350 g/mol. The molecule has 0 atom stereocenters. The SMILES string of the molecule is Cc1nsc2ccsc12.[Pt]. The van der Waals surface area contributed by atoms with E-state index in [1.54, 1.807) is 22.9 Å². The molecule has 0 saturated heterocycles. The van der Waals surface area contributed by atoms with Gasteiger partial charge in [-0.25, -0.2) is 0 Å². The van der Waals surface area contributed by atoms with E-state index < -0.39 is 0 Å². The van der Waals surface area contributed by atoms with Crippen molar-refractivity contribution < 1.29 is 21.1 Å². The number of aryl methyl sites for hydroxylation is 1. The standard InChI is InChI=1S/C6H5NS2.Pt/c1-4-6-5(9-7-4)2-3-8-6;/h2-3H,1H3;. The normalized spacial score (nSPS) is 9.70. The van der Waals surface area contributed by atoms with Crippen LogP contribution in [0.2, 0.25) is 0 Å². The van der Waals surface area contributed by atoms with Crippen molar-refractivity contribution in [1.29, 1.82) is 0 Å². The van der Waals surface area contributed by atoms with Gasteiger partial charge in [-0.1, -0.05) is 0 Å². The first-order chi connectivity index (χ1) is 4.38. The maximum atomic E-state index is 4.21. The maximum Gasteiger partial charge on any atom is 0.0689 e. The van der Waals surface area contributed by atoms with Crippen LogP contribution < -0.4 is 0 Å². The number of nitrogens with zero attached hydrogens (tertiary/aromatic N) is 1. The third kappa shape index (κ3) is 1.18. The van der Waals surface area contributed by atoms with Crippen LogP contribution in [0.25, 0.3) is 9.40 Å². The van der Waals surface area contributed by atoms with Crippen molar-refractivity contribution in [2.75, 3.05) is 0 Å². The van der Waals surface area contributed by atoms with E-state index in [4.69, 9.17) is 0 Å². The van der Waals surface area contributed by atoms with Crippen LogP contribution in [0.1, 0.15) is 5.69 Å². The van der Waals surface area contributed by atoms with E-state index >= 15 is 0 Å². The third-order valence-electron chi connectivity index (χ3n) is 1.24. The van der Waals surface area contributed by atoms with Gasteiger partial charge in [0.2, 0.25) is 0 Å². The number of rotatable bonds is 0. The molecule has 0 aliphatic carbocycles. The molecule has 0 amide bonds. The van der Waals surface area contributed by atoms with E-state index in [1.807, 2.05) is 0 Å². The van der Waals surface area contributed by atoms with Gasteiger partial charge in [-0.2, -0.15) is 4.37 Å². The van der Waals surface area contributed by atoms with Crippen LogP contribution in [0, 0.1) is 6.92 Å².